The van der Waals surface area contributed by atoms with Crippen molar-refractivity contribution < 1.29 is 0 Å². The van der Waals surface area contributed by atoms with E-state index in [2.05, 4.69) is 84.9 Å². The lowest BCUT2D eigenvalue weighted by Gasteiger charge is -2.11. The lowest BCUT2D eigenvalue weighted by molar-refractivity contribution is 0.544. The third kappa shape index (κ3) is 5.33. The molecule has 2 aromatic carbocycles. The van der Waals surface area contributed by atoms with Gasteiger partial charge in [-0.2, -0.15) is 0 Å². The van der Waals surface area contributed by atoms with Crippen LogP contribution in [0, 0.1) is 33.6 Å². The first-order valence-corrected chi connectivity index (χ1v) is 8.53. The summed E-state index contributed by atoms with van der Waals surface area (Å²) in [7, 11) is 0. The van der Waals surface area contributed by atoms with Gasteiger partial charge in [-0.25, -0.2) is 0 Å². The first-order chi connectivity index (χ1) is 10.4. The van der Waals surface area contributed by atoms with Gasteiger partial charge in [0.25, 0.3) is 0 Å². The molecule has 0 bridgehead atoms. The summed E-state index contributed by atoms with van der Waals surface area (Å²) in [5.41, 5.74) is 8.06. The maximum absolute atomic E-state index is 2.28. The molecule has 0 spiro atoms. The molecule has 0 fully saturated rings. The Kier molecular flexibility index (Phi) is 7.38. The molecule has 0 aliphatic rings. The van der Waals surface area contributed by atoms with Gasteiger partial charge in [-0.3, -0.25) is 0 Å². The molecule has 0 aliphatic carbocycles. The summed E-state index contributed by atoms with van der Waals surface area (Å²) in [6.07, 6.45) is 2.66. The van der Waals surface area contributed by atoms with Crippen molar-refractivity contribution in [3.63, 3.8) is 0 Å². The van der Waals surface area contributed by atoms with Gasteiger partial charge in [0, 0.05) is 0 Å². The summed E-state index contributed by atoms with van der Waals surface area (Å²) in [6, 6.07) is 13.3. The molecule has 0 saturated carbocycles. The quantitative estimate of drug-likeness (QED) is 0.570. The SMILES string of the molecule is CCC(C)CC.Cc1ccc(C)c(-c2cc(C)ccc2C)c1. The summed E-state index contributed by atoms with van der Waals surface area (Å²) in [6.45, 7) is 15.4. The molecule has 0 N–H and O–H groups in total. The summed E-state index contributed by atoms with van der Waals surface area (Å²) in [5, 5.41) is 0. The van der Waals surface area contributed by atoms with Crippen molar-refractivity contribution in [3.8, 4) is 11.1 Å². The highest BCUT2D eigenvalue weighted by Crippen LogP contribution is 2.28. The largest absolute Gasteiger partial charge is 0.0651 e. The lowest BCUT2D eigenvalue weighted by atomic mass is 9.94. The van der Waals surface area contributed by atoms with Crippen LogP contribution in [0.2, 0.25) is 0 Å². The molecule has 2 aromatic rings. The van der Waals surface area contributed by atoms with Crippen LogP contribution >= 0.6 is 0 Å². The predicted molar refractivity (Wildman–Crippen MR) is 101 cm³/mol. The van der Waals surface area contributed by atoms with Gasteiger partial charge in [-0.1, -0.05) is 81.1 Å². The minimum Gasteiger partial charge on any atom is -0.0651 e. The number of benzene rings is 2. The molecule has 22 heavy (non-hydrogen) atoms. The van der Waals surface area contributed by atoms with E-state index in [1.807, 2.05) is 0 Å². The van der Waals surface area contributed by atoms with Gasteiger partial charge in [0.15, 0.2) is 0 Å². The molecule has 0 aromatic heterocycles. The van der Waals surface area contributed by atoms with Crippen molar-refractivity contribution in [1.82, 2.24) is 0 Å². The second-order valence-electron chi connectivity index (χ2n) is 6.56. The van der Waals surface area contributed by atoms with Crippen molar-refractivity contribution in [3.05, 3.63) is 58.7 Å². The van der Waals surface area contributed by atoms with Crippen LogP contribution in [0.1, 0.15) is 55.9 Å². The Hall–Kier alpha value is -1.56. The van der Waals surface area contributed by atoms with E-state index < -0.39 is 0 Å². The number of hydrogen-bond donors (Lipinski definition) is 0. The Morgan fingerprint density at radius 3 is 1.32 bits per heavy atom. The van der Waals surface area contributed by atoms with Gasteiger partial charge in [-0.15, -0.1) is 0 Å². The van der Waals surface area contributed by atoms with Crippen molar-refractivity contribution in [2.75, 3.05) is 0 Å². The summed E-state index contributed by atoms with van der Waals surface area (Å²) < 4.78 is 0. The van der Waals surface area contributed by atoms with Crippen molar-refractivity contribution in [2.24, 2.45) is 5.92 Å². The summed E-state index contributed by atoms with van der Waals surface area (Å²) in [4.78, 5) is 0. The third-order valence-corrected chi connectivity index (χ3v) is 4.47. The van der Waals surface area contributed by atoms with Crippen LogP contribution in [0.5, 0.6) is 0 Å². The van der Waals surface area contributed by atoms with Crippen molar-refractivity contribution >= 4 is 0 Å². The van der Waals surface area contributed by atoms with Gasteiger partial charge in [0.2, 0.25) is 0 Å². The predicted octanol–water partition coefficient (Wildman–Crippen LogP) is 7.03. The van der Waals surface area contributed by atoms with E-state index in [0.29, 0.717) is 0 Å². The van der Waals surface area contributed by atoms with Gasteiger partial charge in [-0.05, 0) is 55.9 Å². The molecule has 0 heterocycles. The zero-order valence-corrected chi connectivity index (χ0v) is 15.5. The minimum atomic E-state index is 0.935. The molecule has 0 nitrogen and oxygen atoms in total. The van der Waals surface area contributed by atoms with Gasteiger partial charge < -0.3 is 0 Å². The lowest BCUT2D eigenvalue weighted by Crippen LogP contribution is -1.89. The van der Waals surface area contributed by atoms with Gasteiger partial charge in [0.05, 0.1) is 0 Å². The molecule has 0 aliphatic heterocycles. The fourth-order valence-electron chi connectivity index (χ4n) is 2.34. The van der Waals surface area contributed by atoms with Crippen LogP contribution in [0.4, 0.5) is 0 Å². The Labute approximate surface area is 137 Å². The van der Waals surface area contributed by atoms with E-state index in [0.717, 1.165) is 5.92 Å². The summed E-state index contributed by atoms with van der Waals surface area (Å²) >= 11 is 0. The zero-order valence-electron chi connectivity index (χ0n) is 15.5. The smallest absolute Gasteiger partial charge is 0.0149 e. The van der Waals surface area contributed by atoms with Gasteiger partial charge >= 0.3 is 0 Å². The van der Waals surface area contributed by atoms with E-state index in [-0.39, 0.29) is 0 Å². The number of hydrogen-bond acceptors (Lipinski definition) is 0. The molecule has 0 atom stereocenters. The third-order valence-electron chi connectivity index (χ3n) is 4.47. The summed E-state index contributed by atoms with van der Waals surface area (Å²) in [5.74, 6) is 0.935. The zero-order chi connectivity index (χ0) is 16.7. The molecule has 0 saturated heterocycles. The maximum Gasteiger partial charge on any atom is -0.0149 e. The average molecular weight is 296 g/mol. The van der Waals surface area contributed by atoms with Crippen molar-refractivity contribution in [1.29, 1.82) is 0 Å². The highest BCUT2D eigenvalue weighted by Gasteiger charge is 2.05. The van der Waals surface area contributed by atoms with Crippen LogP contribution in [-0.4, -0.2) is 0 Å². The Balaban J connectivity index is 0.000000346. The Morgan fingerprint density at radius 2 is 1.05 bits per heavy atom. The van der Waals surface area contributed by atoms with E-state index in [1.165, 1.54) is 46.2 Å². The second-order valence-corrected chi connectivity index (χ2v) is 6.56. The highest BCUT2D eigenvalue weighted by molar-refractivity contribution is 5.71. The Morgan fingerprint density at radius 1 is 0.682 bits per heavy atom. The normalized spacial score (nSPS) is 10.4. The molecule has 0 amide bonds. The first-order valence-electron chi connectivity index (χ1n) is 8.53. The monoisotopic (exact) mass is 296 g/mol. The molecular formula is C22H32. The number of rotatable bonds is 3. The van der Waals surface area contributed by atoms with E-state index >= 15 is 0 Å². The second kappa shape index (κ2) is 8.78. The molecule has 120 valence electrons. The standard InChI is InChI=1S/C16H18.C6H14/c1-11-5-7-13(3)15(9-11)16-10-12(2)6-8-14(16)4;1-4-6(3)5-2/h5-10H,1-4H3;6H,4-5H2,1-3H3. The maximum atomic E-state index is 2.28. The fourth-order valence-corrected chi connectivity index (χ4v) is 2.34. The van der Waals surface area contributed by atoms with Gasteiger partial charge in [0.1, 0.15) is 0 Å². The molecule has 0 heteroatoms. The minimum absolute atomic E-state index is 0.935. The fraction of sp³-hybridized carbons (Fsp3) is 0.455. The van der Waals surface area contributed by atoms with Crippen molar-refractivity contribution in [2.45, 2.75) is 61.3 Å². The molecule has 2 rings (SSSR count). The average Bonchev–Trinajstić information content (AvgIpc) is 2.52. The number of aryl methyl sites for hydroxylation is 4. The van der Waals surface area contributed by atoms with E-state index in [1.54, 1.807) is 0 Å². The van der Waals surface area contributed by atoms with Crippen LogP contribution in [0.3, 0.4) is 0 Å². The highest BCUT2D eigenvalue weighted by atomic mass is 14.1. The first kappa shape index (κ1) is 18.5. The molecule has 0 unspecified atom stereocenters. The molecular weight excluding hydrogens is 264 g/mol. The molecule has 0 radical (unpaired) electrons. The van der Waals surface area contributed by atoms with Crippen LogP contribution in [-0.2, 0) is 0 Å². The van der Waals surface area contributed by atoms with Crippen LogP contribution in [0.25, 0.3) is 11.1 Å². The Bertz CT molecular complexity index is 539. The van der Waals surface area contributed by atoms with Crippen LogP contribution in [0.15, 0.2) is 36.4 Å². The van der Waals surface area contributed by atoms with Crippen LogP contribution < -0.4 is 0 Å². The topological polar surface area (TPSA) is 0 Å². The van der Waals surface area contributed by atoms with E-state index in [4.69, 9.17) is 0 Å². The van der Waals surface area contributed by atoms with E-state index in [9.17, 15) is 0 Å².